The van der Waals surface area contributed by atoms with E-state index in [4.69, 9.17) is 9.47 Å². The number of aryl methyl sites for hydroxylation is 4. The van der Waals surface area contributed by atoms with Gasteiger partial charge in [-0.05, 0) is 80.6 Å². The van der Waals surface area contributed by atoms with Crippen LogP contribution in [0.4, 0.5) is 0 Å². The van der Waals surface area contributed by atoms with Crippen molar-refractivity contribution in [1.29, 1.82) is 0 Å². The van der Waals surface area contributed by atoms with E-state index in [0.717, 1.165) is 33.8 Å². The maximum atomic E-state index is 12.4. The first-order chi connectivity index (χ1) is 12.4. The summed E-state index contributed by atoms with van der Waals surface area (Å²) in [5.41, 5.74) is 4.57. The zero-order chi connectivity index (χ0) is 19.1. The Bertz CT molecular complexity index is 715. The van der Waals surface area contributed by atoms with Crippen LogP contribution in [-0.4, -0.2) is 25.2 Å². The van der Waals surface area contributed by atoms with Crippen molar-refractivity contribution < 1.29 is 14.3 Å². The summed E-state index contributed by atoms with van der Waals surface area (Å²) in [6.07, 6.45) is 0.105. The van der Waals surface area contributed by atoms with Gasteiger partial charge in [0.25, 0.3) is 5.91 Å². The molecule has 1 atom stereocenters. The first-order valence-corrected chi connectivity index (χ1v) is 9.11. The Morgan fingerprint density at radius 2 is 1.38 bits per heavy atom. The summed E-state index contributed by atoms with van der Waals surface area (Å²) in [5, 5.41) is 2.89. The van der Waals surface area contributed by atoms with E-state index in [1.165, 1.54) is 0 Å². The number of amides is 1. The van der Waals surface area contributed by atoms with Gasteiger partial charge in [-0.2, -0.15) is 0 Å². The van der Waals surface area contributed by atoms with Crippen LogP contribution in [0.2, 0.25) is 0 Å². The minimum absolute atomic E-state index is 0.115. The van der Waals surface area contributed by atoms with Crippen molar-refractivity contribution in [1.82, 2.24) is 5.32 Å². The fraction of sp³-hybridized carbons (Fsp3) is 0.409. The molecule has 0 heterocycles. The lowest BCUT2D eigenvalue weighted by Crippen LogP contribution is -2.39. The molecule has 0 bridgehead atoms. The van der Waals surface area contributed by atoms with Crippen molar-refractivity contribution in [3.05, 3.63) is 58.7 Å². The second kappa shape index (κ2) is 9.27. The Labute approximate surface area is 156 Å². The Morgan fingerprint density at radius 1 is 0.885 bits per heavy atom. The van der Waals surface area contributed by atoms with Gasteiger partial charge in [0.05, 0.1) is 6.54 Å². The molecule has 140 valence electrons. The number of hydrogen-bond acceptors (Lipinski definition) is 3. The molecule has 0 radical (unpaired) electrons. The summed E-state index contributed by atoms with van der Waals surface area (Å²) in [6.45, 7) is 10.9. The molecule has 1 amide bonds. The molecule has 1 N–H and O–H groups in total. The monoisotopic (exact) mass is 355 g/mol. The normalized spacial score (nSPS) is 11.7. The van der Waals surface area contributed by atoms with Crippen molar-refractivity contribution in [2.45, 2.75) is 47.1 Å². The van der Waals surface area contributed by atoms with Gasteiger partial charge >= 0.3 is 0 Å². The molecule has 0 aromatic heterocycles. The summed E-state index contributed by atoms with van der Waals surface area (Å²) in [5.74, 6) is 1.45. The molecule has 2 rings (SSSR count). The fourth-order valence-corrected chi connectivity index (χ4v) is 2.96. The van der Waals surface area contributed by atoms with E-state index < -0.39 is 6.10 Å². The maximum Gasteiger partial charge on any atom is 0.261 e. The molecular formula is C22H29NO3. The van der Waals surface area contributed by atoms with Crippen molar-refractivity contribution in [2.75, 3.05) is 13.2 Å². The quantitative estimate of drug-likeness (QED) is 0.719. The average Bonchev–Trinajstić information content (AvgIpc) is 2.54. The third-order valence-electron chi connectivity index (χ3n) is 4.00. The molecular weight excluding hydrogens is 326 g/mol. The minimum Gasteiger partial charge on any atom is -0.492 e. The molecule has 0 aliphatic rings. The van der Waals surface area contributed by atoms with E-state index in [2.05, 4.69) is 17.4 Å². The molecule has 0 saturated heterocycles. The third kappa shape index (κ3) is 6.10. The van der Waals surface area contributed by atoms with Gasteiger partial charge in [-0.25, -0.2) is 0 Å². The number of hydrogen-bond donors (Lipinski definition) is 1. The van der Waals surface area contributed by atoms with Crippen LogP contribution in [-0.2, 0) is 4.79 Å². The zero-order valence-corrected chi connectivity index (χ0v) is 16.4. The Kier molecular flexibility index (Phi) is 7.07. The number of ether oxygens (including phenoxy) is 2. The Morgan fingerprint density at radius 3 is 1.88 bits per heavy atom. The number of benzene rings is 2. The number of nitrogens with one attached hydrogen (secondary N) is 1. The van der Waals surface area contributed by atoms with Crippen LogP contribution in [0.15, 0.2) is 36.4 Å². The first kappa shape index (κ1) is 19.8. The van der Waals surface area contributed by atoms with Crippen LogP contribution in [0, 0.1) is 27.7 Å². The highest BCUT2D eigenvalue weighted by atomic mass is 16.5. The topological polar surface area (TPSA) is 47.6 Å². The van der Waals surface area contributed by atoms with Gasteiger partial charge in [0, 0.05) is 0 Å². The smallest absolute Gasteiger partial charge is 0.261 e. The number of carbonyl (C=O) groups excluding carboxylic acids is 1. The van der Waals surface area contributed by atoms with Crippen LogP contribution >= 0.6 is 0 Å². The molecule has 0 unspecified atom stereocenters. The molecule has 0 aliphatic carbocycles. The minimum atomic E-state index is -0.502. The molecule has 26 heavy (non-hydrogen) atoms. The zero-order valence-electron chi connectivity index (χ0n) is 16.4. The van der Waals surface area contributed by atoms with Crippen molar-refractivity contribution in [3.63, 3.8) is 0 Å². The Balaban J connectivity index is 1.83. The van der Waals surface area contributed by atoms with Crippen LogP contribution < -0.4 is 14.8 Å². The van der Waals surface area contributed by atoms with Gasteiger partial charge in [-0.3, -0.25) is 4.79 Å². The molecule has 2 aromatic rings. The standard InChI is InChI=1S/C22H29NO3/c1-6-21(26-20-13-17(4)10-18(5)14-20)22(24)23-7-8-25-19-11-15(2)9-16(3)12-19/h9-14,21H,6-8H2,1-5H3,(H,23,24)/t21-/m0/s1. The summed E-state index contributed by atoms with van der Waals surface area (Å²) in [4.78, 5) is 12.4. The second-order valence-electron chi connectivity index (χ2n) is 6.80. The highest BCUT2D eigenvalue weighted by Gasteiger charge is 2.18. The highest BCUT2D eigenvalue weighted by molar-refractivity contribution is 5.81. The molecule has 4 nitrogen and oxygen atoms in total. The molecule has 0 spiro atoms. The second-order valence-corrected chi connectivity index (χ2v) is 6.80. The predicted molar refractivity (Wildman–Crippen MR) is 105 cm³/mol. The van der Waals surface area contributed by atoms with Gasteiger partial charge in [0.2, 0.25) is 0 Å². The van der Waals surface area contributed by atoms with Crippen LogP contribution in [0.3, 0.4) is 0 Å². The largest absolute Gasteiger partial charge is 0.492 e. The van der Waals surface area contributed by atoms with Crippen LogP contribution in [0.1, 0.15) is 35.6 Å². The van der Waals surface area contributed by atoms with E-state index in [1.54, 1.807) is 0 Å². The lowest BCUT2D eigenvalue weighted by Gasteiger charge is -2.18. The van der Waals surface area contributed by atoms with Gasteiger partial charge in [-0.15, -0.1) is 0 Å². The predicted octanol–water partition coefficient (Wildman–Crippen LogP) is 4.27. The van der Waals surface area contributed by atoms with Gasteiger partial charge < -0.3 is 14.8 Å². The maximum absolute atomic E-state index is 12.4. The van der Waals surface area contributed by atoms with Crippen LogP contribution in [0.25, 0.3) is 0 Å². The van der Waals surface area contributed by atoms with E-state index in [-0.39, 0.29) is 5.91 Å². The van der Waals surface area contributed by atoms with E-state index in [9.17, 15) is 4.79 Å². The number of carbonyl (C=O) groups is 1. The van der Waals surface area contributed by atoms with Crippen molar-refractivity contribution in [2.24, 2.45) is 0 Å². The van der Waals surface area contributed by atoms with E-state index >= 15 is 0 Å². The van der Waals surface area contributed by atoms with Crippen molar-refractivity contribution in [3.8, 4) is 11.5 Å². The lowest BCUT2D eigenvalue weighted by molar-refractivity contribution is -0.128. The lowest BCUT2D eigenvalue weighted by atomic mass is 10.1. The summed E-state index contributed by atoms with van der Waals surface area (Å²) >= 11 is 0. The van der Waals surface area contributed by atoms with E-state index in [1.807, 2.05) is 58.9 Å². The molecule has 0 saturated carbocycles. The summed E-state index contributed by atoms with van der Waals surface area (Å²) < 4.78 is 11.6. The molecule has 2 aromatic carbocycles. The van der Waals surface area contributed by atoms with E-state index in [0.29, 0.717) is 19.6 Å². The highest BCUT2D eigenvalue weighted by Crippen LogP contribution is 2.19. The van der Waals surface area contributed by atoms with Gasteiger partial charge in [0.1, 0.15) is 18.1 Å². The summed E-state index contributed by atoms with van der Waals surface area (Å²) in [7, 11) is 0. The van der Waals surface area contributed by atoms with Gasteiger partial charge in [-0.1, -0.05) is 19.1 Å². The molecule has 0 aliphatic heterocycles. The Hall–Kier alpha value is -2.49. The van der Waals surface area contributed by atoms with Gasteiger partial charge in [0.15, 0.2) is 6.10 Å². The SMILES string of the molecule is CC[C@H](Oc1cc(C)cc(C)c1)C(=O)NCCOc1cc(C)cc(C)c1. The molecule has 0 fully saturated rings. The third-order valence-corrected chi connectivity index (χ3v) is 4.00. The fourth-order valence-electron chi connectivity index (χ4n) is 2.96. The summed E-state index contributed by atoms with van der Waals surface area (Å²) in [6, 6.07) is 12.1. The first-order valence-electron chi connectivity index (χ1n) is 9.11. The van der Waals surface area contributed by atoms with Crippen molar-refractivity contribution >= 4 is 5.91 Å². The number of rotatable bonds is 8. The molecule has 4 heteroatoms. The average molecular weight is 355 g/mol. The van der Waals surface area contributed by atoms with Crippen LogP contribution in [0.5, 0.6) is 11.5 Å².